The number of carboxylic acid groups (broad SMARTS) is 1. The van der Waals surface area contributed by atoms with Gasteiger partial charge in [-0.1, -0.05) is 35.4 Å². The van der Waals surface area contributed by atoms with Crippen LogP contribution in [0.4, 0.5) is 8.78 Å². The number of nitrogens with zero attached hydrogens (tertiary/aromatic N) is 7. The Hall–Kier alpha value is -6.74. The molecule has 1 amide bonds. The van der Waals surface area contributed by atoms with E-state index in [1.54, 1.807) is 55.1 Å². The number of ether oxygens (including phenoxy) is 2. The van der Waals surface area contributed by atoms with Crippen LogP contribution in [0.1, 0.15) is 83.2 Å². The number of hydrogen-bond acceptors (Lipinski definition) is 11. The number of carbonyl (C=O) groups excluding carboxylic acids is 1. The number of fused-ring (bicyclic) bond motifs is 4. The summed E-state index contributed by atoms with van der Waals surface area (Å²) in [5.74, 6) is 1.06. The van der Waals surface area contributed by atoms with Gasteiger partial charge in [0.05, 0.1) is 36.7 Å². The molecule has 65 heavy (non-hydrogen) atoms. The molecule has 0 aliphatic carbocycles. The summed E-state index contributed by atoms with van der Waals surface area (Å²) in [4.78, 5) is 51.7. The summed E-state index contributed by atoms with van der Waals surface area (Å²) < 4.78 is 37.3. The average Bonchev–Trinajstić information content (AvgIpc) is 3.87. The number of hydrogen-bond donors (Lipinski definition) is 2. The van der Waals surface area contributed by atoms with Crippen LogP contribution in [0.25, 0.3) is 22.8 Å². The van der Waals surface area contributed by atoms with E-state index in [1.165, 1.54) is 50.1 Å². The molecule has 4 aromatic heterocycles. The molecule has 4 saturated heterocycles. The van der Waals surface area contributed by atoms with E-state index in [1.807, 2.05) is 38.1 Å². The zero-order valence-electron chi connectivity index (χ0n) is 36.4. The van der Waals surface area contributed by atoms with Crippen LogP contribution in [0, 0.1) is 37.3 Å². The summed E-state index contributed by atoms with van der Waals surface area (Å²) in [7, 11) is 0. The van der Waals surface area contributed by atoms with Gasteiger partial charge in [-0.3, -0.25) is 4.79 Å². The first-order valence-corrected chi connectivity index (χ1v) is 22.2. The summed E-state index contributed by atoms with van der Waals surface area (Å²) in [6.45, 7) is 4.98. The third kappa shape index (κ3) is 11.1. The Kier molecular flexibility index (Phi) is 14.4. The van der Waals surface area contributed by atoms with Gasteiger partial charge in [0.25, 0.3) is 5.91 Å². The topological polar surface area (TPSA) is 165 Å². The van der Waals surface area contributed by atoms with Gasteiger partial charge in [0, 0.05) is 84.1 Å². The van der Waals surface area contributed by atoms with Gasteiger partial charge in [0.15, 0.2) is 11.6 Å². The molecule has 10 rings (SSSR count). The van der Waals surface area contributed by atoms with Crippen LogP contribution in [0.15, 0.2) is 110 Å². The number of amides is 1. The SMILES string of the molecule is Cc1ccc(-c2ncccn2)c(C(=O)N2C3CC[C@H]2CC[C@H]3COc2ccc(F)cn2)c1.Cc1ccc(-c2ncccn2)c(C(=O)O)c1.Fc1ccc(OC[C@@H]2CC[C@@H]3CCC2N3)nc1. The molecule has 6 atom stereocenters. The van der Waals surface area contributed by atoms with Crippen molar-refractivity contribution in [3.63, 3.8) is 0 Å². The number of nitrogens with one attached hydrogen (secondary N) is 1. The van der Waals surface area contributed by atoms with Crippen LogP contribution < -0.4 is 14.8 Å². The maximum atomic E-state index is 13.8. The van der Waals surface area contributed by atoms with Gasteiger partial charge >= 0.3 is 5.97 Å². The number of aromatic carboxylic acids is 1. The zero-order valence-corrected chi connectivity index (χ0v) is 36.4. The molecule has 0 saturated carbocycles. The minimum atomic E-state index is -0.967. The lowest BCUT2D eigenvalue weighted by Gasteiger charge is -2.40. The van der Waals surface area contributed by atoms with Gasteiger partial charge in [0.2, 0.25) is 11.8 Å². The fourth-order valence-corrected chi connectivity index (χ4v) is 9.39. The first-order chi connectivity index (χ1) is 31.6. The normalized spacial score (nSPS) is 21.6. The average molecular weight is 883 g/mol. The van der Waals surface area contributed by atoms with Gasteiger partial charge in [0.1, 0.15) is 11.6 Å². The minimum Gasteiger partial charge on any atom is -0.478 e. The number of halogens is 2. The largest absolute Gasteiger partial charge is 0.478 e. The molecule has 4 aliphatic rings. The van der Waals surface area contributed by atoms with Crippen LogP contribution in [-0.4, -0.2) is 89.2 Å². The first kappa shape index (κ1) is 44.9. The minimum absolute atomic E-state index is 0.0354. The van der Waals surface area contributed by atoms with Gasteiger partial charge in [-0.15, -0.1) is 0 Å². The number of piperidine rings is 2. The predicted octanol–water partition coefficient (Wildman–Crippen LogP) is 8.73. The van der Waals surface area contributed by atoms with E-state index >= 15 is 0 Å². The number of aryl methyl sites for hydroxylation is 2. The van der Waals surface area contributed by atoms with Crippen molar-refractivity contribution in [1.82, 2.24) is 40.1 Å². The summed E-state index contributed by atoms with van der Waals surface area (Å²) in [5.41, 5.74) is 4.10. The van der Waals surface area contributed by atoms with Crippen LogP contribution in [0.5, 0.6) is 11.8 Å². The third-order valence-electron chi connectivity index (χ3n) is 12.6. The van der Waals surface area contributed by atoms with Crippen molar-refractivity contribution in [2.45, 2.75) is 89.4 Å². The Morgan fingerprint density at radius 3 is 1.74 bits per heavy atom. The molecular formula is C50H52F2N8O5. The molecule has 4 aliphatic heterocycles. The Morgan fingerprint density at radius 2 is 1.17 bits per heavy atom. The van der Waals surface area contributed by atoms with Crippen LogP contribution in [0.3, 0.4) is 0 Å². The second-order valence-electron chi connectivity index (χ2n) is 17.0. The number of carboxylic acids is 1. The maximum absolute atomic E-state index is 13.8. The first-order valence-electron chi connectivity index (χ1n) is 22.2. The lowest BCUT2D eigenvalue weighted by atomic mass is 9.89. The highest BCUT2D eigenvalue weighted by Crippen LogP contribution is 2.41. The molecule has 6 aromatic rings. The highest BCUT2D eigenvalue weighted by molar-refractivity contribution is 6.01. The fraction of sp³-hybridized carbons (Fsp3) is 0.360. The number of pyridine rings is 2. The molecule has 2 unspecified atom stereocenters. The molecule has 0 radical (unpaired) electrons. The highest BCUT2D eigenvalue weighted by atomic mass is 19.1. The molecule has 2 aromatic carbocycles. The molecule has 15 heteroatoms. The van der Waals surface area contributed by atoms with E-state index in [9.17, 15) is 18.4 Å². The van der Waals surface area contributed by atoms with Crippen LogP contribution in [0.2, 0.25) is 0 Å². The fourth-order valence-electron chi connectivity index (χ4n) is 9.39. The van der Waals surface area contributed by atoms with Crippen molar-refractivity contribution >= 4 is 11.9 Å². The maximum Gasteiger partial charge on any atom is 0.336 e. The van der Waals surface area contributed by atoms with Crippen molar-refractivity contribution in [2.24, 2.45) is 11.8 Å². The lowest BCUT2D eigenvalue weighted by molar-refractivity contribution is 0.0403. The molecule has 8 heterocycles. The molecular weight excluding hydrogens is 831 g/mol. The van der Waals surface area contributed by atoms with Crippen LogP contribution in [-0.2, 0) is 0 Å². The number of aromatic nitrogens is 6. The molecule has 4 bridgehead atoms. The molecule has 0 spiro atoms. The van der Waals surface area contributed by atoms with Gasteiger partial charge < -0.3 is 24.8 Å². The van der Waals surface area contributed by atoms with Crippen molar-refractivity contribution in [1.29, 1.82) is 0 Å². The van der Waals surface area contributed by atoms with Crippen molar-refractivity contribution in [2.75, 3.05) is 13.2 Å². The smallest absolute Gasteiger partial charge is 0.336 e. The second kappa shape index (κ2) is 20.8. The van der Waals surface area contributed by atoms with E-state index < -0.39 is 5.97 Å². The number of carbonyl (C=O) groups is 2. The molecule has 4 fully saturated rings. The van der Waals surface area contributed by atoms with Crippen molar-refractivity contribution in [3.8, 4) is 34.5 Å². The van der Waals surface area contributed by atoms with E-state index in [4.69, 9.17) is 14.6 Å². The molecule has 336 valence electrons. The van der Waals surface area contributed by atoms with E-state index in [0.29, 0.717) is 59.7 Å². The Morgan fingerprint density at radius 1 is 0.646 bits per heavy atom. The van der Waals surface area contributed by atoms with Crippen molar-refractivity contribution < 1.29 is 33.0 Å². The van der Waals surface area contributed by atoms with Gasteiger partial charge in [-0.05, 0) is 102 Å². The standard InChI is InChI=1S/C25H25FN4O2.C13H17FN2O.C12H10N2O2/c1-16-3-8-20(24-27-11-2-12-28-24)21(13-16)25(31)30-19-6-4-17(22(30)9-7-19)15-32-23-10-5-18(26)14-29-23;14-10-2-6-13(15-7-10)17-8-9-1-3-11-4-5-12(9)16-11;1-8-3-4-9(10(7-8)12(15)16)11-13-5-2-6-14-11/h2-3,5,8,10-14,17,19,22H,4,6-7,9,15H2,1H3;2,6-7,9,11-12,16H,1,3-5,8H2;2-7H,1H3,(H,15,16)/t17-,19+,22?;9-,11+,12?;/m00./s1. The van der Waals surface area contributed by atoms with E-state index in [2.05, 4.69) is 40.1 Å². The number of benzene rings is 2. The second-order valence-corrected chi connectivity index (χ2v) is 17.0. The van der Waals surface area contributed by atoms with E-state index in [0.717, 1.165) is 54.6 Å². The lowest BCUT2D eigenvalue weighted by Crippen LogP contribution is -2.49. The monoisotopic (exact) mass is 882 g/mol. The van der Waals surface area contributed by atoms with Crippen LogP contribution >= 0.6 is 0 Å². The van der Waals surface area contributed by atoms with Gasteiger partial charge in [-0.25, -0.2) is 43.5 Å². The van der Waals surface area contributed by atoms with Crippen molar-refractivity contribution in [3.05, 3.63) is 144 Å². The Bertz CT molecular complexity index is 2540. The summed E-state index contributed by atoms with van der Waals surface area (Å²) in [6.07, 6.45) is 17.9. The molecule has 13 nitrogen and oxygen atoms in total. The quantitative estimate of drug-likeness (QED) is 0.135. The summed E-state index contributed by atoms with van der Waals surface area (Å²) in [6, 6.07) is 22.1. The van der Waals surface area contributed by atoms with Gasteiger partial charge in [-0.2, -0.15) is 0 Å². The third-order valence-corrected chi connectivity index (χ3v) is 12.6. The summed E-state index contributed by atoms with van der Waals surface area (Å²) >= 11 is 0. The zero-order chi connectivity index (χ0) is 45.3. The highest BCUT2D eigenvalue weighted by Gasteiger charge is 2.45. The Labute approximate surface area is 376 Å². The number of rotatable bonds is 10. The predicted molar refractivity (Wildman–Crippen MR) is 239 cm³/mol. The van der Waals surface area contributed by atoms with E-state index in [-0.39, 0.29) is 41.1 Å². The molecule has 2 N–H and O–H groups in total. The summed E-state index contributed by atoms with van der Waals surface area (Å²) in [5, 5.41) is 12.7. The Balaban J connectivity index is 0.000000147.